The van der Waals surface area contributed by atoms with E-state index in [2.05, 4.69) is 10.6 Å². The first-order valence-electron chi connectivity index (χ1n) is 11.5. The van der Waals surface area contributed by atoms with Gasteiger partial charge >= 0.3 is 6.09 Å². The number of carbonyl (C=O) groups is 3. The quantitative estimate of drug-likeness (QED) is 0.491. The van der Waals surface area contributed by atoms with Crippen molar-refractivity contribution in [2.75, 3.05) is 25.5 Å². The molecule has 190 valence electrons. The molecule has 0 aliphatic heterocycles. The number of aromatic hydroxyl groups is 1. The summed E-state index contributed by atoms with van der Waals surface area (Å²) in [5.41, 5.74) is 0.929. The van der Waals surface area contributed by atoms with Gasteiger partial charge in [0.1, 0.15) is 29.7 Å². The van der Waals surface area contributed by atoms with Crippen molar-refractivity contribution in [3.63, 3.8) is 0 Å². The van der Waals surface area contributed by atoms with Crippen LogP contribution in [0.3, 0.4) is 0 Å². The number of phenols is 1. The molecule has 0 fully saturated rings. The molecule has 1 atom stereocenters. The van der Waals surface area contributed by atoms with Crippen molar-refractivity contribution >= 4 is 23.6 Å². The van der Waals surface area contributed by atoms with Gasteiger partial charge in [0.05, 0.1) is 7.11 Å². The van der Waals surface area contributed by atoms with Gasteiger partial charge in [-0.05, 0) is 81.6 Å². The number of phenolic OH excluding ortho intramolecular Hbond substituents is 1. The summed E-state index contributed by atoms with van der Waals surface area (Å²) >= 11 is 0. The monoisotopic (exact) mass is 485 g/mol. The average molecular weight is 486 g/mol. The van der Waals surface area contributed by atoms with Gasteiger partial charge < -0.3 is 30.1 Å². The van der Waals surface area contributed by atoms with Crippen molar-refractivity contribution in [2.45, 2.75) is 52.7 Å². The lowest BCUT2D eigenvalue weighted by Gasteiger charge is -2.31. The van der Waals surface area contributed by atoms with Crippen LogP contribution in [0.25, 0.3) is 0 Å². The van der Waals surface area contributed by atoms with Crippen molar-refractivity contribution in [3.05, 3.63) is 53.6 Å². The molecule has 0 aliphatic rings. The van der Waals surface area contributed by atoms with Crippen molar-refractivity contribution in [1.29, 1.82) is 0 Å². The number of aryl methyl sites for hydroxylation is 1. The Balaban J connectivity index is 2.34. The first kappa shape index (κ1) is 27.5. The lowest BCUT2D eigenvalue weighted by molar-refractivity contribution is -0.138. The topological polar surface area (TPSA) is 117 Å². The molecule has 0 bridgehead atoms. The summed E-state index contributed by atoms with van der Waals surface area (Å²) in [4.78, 5) is 40.2. The Morgan fingerprint density at radius 2 is 1.74 bits per heavy atom. The Morgan fingerprint density at radius 1 is 1.09 bits per heavy atom. The molecule has 0 aliphatic carbocycles. The maximum absolute atomic E-state index is 13.5. The minimum atomic E-state index is -0.996. The van der Waals surface area contributed by atoms with Gasteiger partial charge in [-0.2, -0.15) is 0 Å². The lowest BCUT2D eigenvalue weighted by Crippen LogP contribution is -2.46. The second-order valence-electron chi connectivity index (χ2n) is 9.11. The average Bonchev–Trinajstić information content (AvgIpc) is 2.78. The maximum atomic E-state index is 13.5. The predicted octanol–water partition coefficient (Wildman–Crippen LogP) is 4.15. The number of nitrogens with one attached hydrogen (secondary N) is 2. The molecule has 3 amide bonds. The Hall–Kier alpha value is -3.75. The maximum Gasteiger partial charge on any atom is 0.408 e. The molecule has 0 saturated heterocycles. The Bertz CT molecular complexity index is 1030. The summed E-state index contributed by atoms with van der Waals surface area (Å²) in [5.74, 6) is -0.148. The van der Waals surface area contributed by atoms with E-state index in [0.717, 1.165) is 0 Å². The van der Waals surface area contributed by atoms with E-state index >= 15 is 0 Å². The van der Waals surface area contributed by atoms with Crippen molar-refractivity contribution < 1.29 is 29.0 Å². The molecule has 9 nitrogen and oxygen atoms in total. The summed E-state index contributed by atoms with van der Waals surface area (Å²) in [6.07, 6.45) is -0.135. The van der Waals surface area contributed by atoms with Gasteiger partial charge in [0.2, 0.25) is 5.91 Å². The van der Waals surface area contributed by atoms with E-state index in [4.69, 9.17) is 9.47 Å². The van der Waals surface area contributed by atoms with Crippen LogP contribution in [-0.2, 0) is 14.3 Å². The van der Waals surface area contributed by atoms with Gasteiger partial charge in [-0.3, -0.25) is 9.59 Å². The van der Waals surface area contributed by atoms with Crippen LogP contribution in [0.15, 0.2) is 42.5 Å². The normalized spacial score (nSPS) is 11.8. The fraction of sp³-hybridized carbons (Fsp3) is 0.423. The SMILES string of the molecule is CCCN(C(=O)CNC(=O)OC(C)(C)C)C(C(=O)Nc1ccc(OC)cc1)c1ccc(O)c(C)c1. The zero-order chi connectivity index (χ0) is 26.2. The predicted molar refractivity (Wildman–Crippen MR) is 133 cm³/mol. The summed E-state index contributed by atoms with van der Waals surface area (Å²) < 4.78 is 10.4. The second kappa shape index (κ2) is 12.1. The fourth-order valence-electron chi connectivity index (χ4n) is 3.41. The molecule has 0 radical (unpaired) electrons. The molecule has 0 aromatic heterocycles. The van der Waals surface area contributed by atoms with Gasteiger partial charge in [-0.25, -0.2) is 4.79 Å². The van der Waals surface area contributed by atoms with Crippen molar-refractivity contribution in [1.82, 2.24) is 10.2 Å². The van der Waals surface area contributed by atoms with Crippen LogP contribution < -0.4 is 15.4 Å². The number of rotatable bonds is 9. The highest BCUT2D eigenvalue weighted by Gasteiger charge is 2.32. The Kier molecular flexibility index (Phi) is 9.50. The molecule has 35 heavy (non-hydrogen) atoms. The molecule has 9 heteroatoms. The zero-order valence-corrected chi connectivity index (χ0v) is 21.2. The third kappa shape index (κ3) is 8.20. The number of carbonyl (C=O) groups excluding carboxylic acids is 3. The number of hydrogen-bond acceptors (Lipinski definition) is 6. The molecule has 0 heterocycles. The molecular weight excluding hydrogens is 450 g/mol. The van der Waals surface area contributed by atoms with Crippen LogP contribution in [0.1, 0.15) is 51.3 Å². The number of anilines is 1. The Labute approximate surface area is 206 Å². The molecule has 3 N–H and O–H groups in total. The molecular formula is C26H35N3O6. The molecule has 0 saturated carbocycles. The minimum Gasteiger partial charge on any atom is -0.508 e. The third-order valence-electron chi connectivity index (χ3n) is 5.02. The van der Waals surface area contributed by atoms with Crippen LogP contribution in [0.4, 0.5) is 10.5 Å². The summed E-state index contributed by atoms with van der Waals surface area (Å²) in [6, 6.07) is 10.6. The van der Waals surface area contributed by atoms with Crippen LogP contribution in [0, 0.1) is 6.92 Å². The van der Waals surface area contributed by atoms with Gasteiger partial charge in [-0.1, -0.05) is 13.0 Å². The number of amides is 3. The second-order valence-corrected chi connectivity index (χ2v) is 9.11. The van der Waals surface area contributed by atoms with Crippen LogP contribution in [-0.4, -0.2) is 53.7 Å². The summed E-state index contributed by atoms with van der Waals surface area (Å²) in [6.45, 7) is 8.72. The first-order valence-corrected chi connectivity index (χ1v) is 11.5. The lowest BCUT2D eigenvalue weighted by atomic mass is 10.0. The van der Waals surface area contributed by atoms with E-state index in [1.54, 1.807) is 71.2 Å². The number of nitrogens with zero attached hydrogens (tertiary/aromatic N) is 1. The third-order valence-corrected chi connectivity index (χ3v) is 5.02. The number of alkyl carbamates (subject to hydrolysis) is 1. The van der Waals surface area contributed by atoms with E-state index in [1.165, 1.54) is 11.0 Å². The van der Waals surface area contributed by atoms with Gasteiger partial charge in [0, 0.05) is 12.2 Å². The van der Waals surface area contributed by atoms with Crippen molar-refractivity contribution in [2.24, 2.45) is 0 Å². The van der Waals surface area contributed by atoms with E-state index in [1.807, 2.05) is 6.92 Å². The standard InChI is InChI=1S/C26H35N3O6/c1-7-14-29(22(31)16-27-25(33)35-26(3,4)5)23(18-8-13-21(30)17(2)15-18)24(32)28-19-9-11-20(34-6)12-10-19/h8-13,15,23,30H,7,14,16H2,1-6H3,(H,27,33)(H,28,32). The number of ether oxygens (including phenoxy) is 2. The van der Waals surface area contributed by atoms with E-state index in [0.29, 0.717) is 29.0 Å². The highest BCUT2D eigenvalue weighted by molar-refractivity contribution is 5.98. The molecule has 2 aromatic rings. The first-order chi connectivity index (χ1) is 16.4. The molecule has 2 aromatic carbocycles. The fourth-order valence-corrected chi connectivity index (χ4v) is 3.41. The molecule has 2 rings (SSSR count). The smallest absolute Gasteiger partial charge is 0.408 e. The van der Waals surface area contributed by atoms with Crippen LogP contribution >= 0.6 is 0 Å². The highest BCUT2D eigenvalue weighted by atomic mass is 16.6. The van der Waals surface area contributed by atoms with E-state index in [-0.39, 0.29) is 18.8 Å². The van der Waals surface area contributed by atoms with Crippen molar-refractivity contribution in [3.8, 4) is 11.5 Å². The molecule has 0 spiro atoms. The number of benzene rings is 2. The largest absolute Gasteiger partial charge is 0.508 e. The zero-order valence-electron chi connectivity index (χ0n) is 21.2. The Morgan fingerprint density at radius 3 is 2.29 bits per heavy atom. The molecule has 1 unspecified atom stereocenters. The van der Waals surface area contributed by atoms with E-state index in [9.17, 15) is 19.5 Å². The van der Waals surface area contributed by atoms with E-state index < -0.39 is 29.6 Å². The van der Waals surface area contributed by atoms with Gasteiger partial charge in [0.15, 0.2) is 0 Å². The van der Waals surface area contributed by atoms with Gasteiger partial charge in [0.25, 0.3) is 5.91 Å². The summed E-state index contributed by atoms with van der Waals surface area (Å²) in [5, 5.41) is 15.3. The van der Waals surface area contributed by atoms with Gasteiger partial charge in [-0.15, -0.1) is 0 Å². The van der Waals surface area contributed by atoms with Crippen LogP contribution in [0.5, 0.6) is 11.5 Å². The summed E-state index contributed by atoms with van der Waals surface area (Å²) in [7, 11) is 1.55. The number of hydrogen-bond donors (Lipinski definition) is 3. The highest BCUT2D eigenvalue weighted by Crippen LogP contribution is 2.28. The number of methoxy groups -OCH3 is 1. The minimum absolute atomic E-state index is 0.0861. The van der Waals surface area contributed by atoms with Crippen LogP contribution in [0.2, 0.25) is 0 Å².